The first-order chi connectivity index (χ1) is 11.6. The van der Waals surface area contributed by atoms with Gasteiger partial charge < -0.3 is 4.74 Å². The maximum Gasteiger partial charge on any atom is 0.310 e. The van der Waals surface area contributed by atoms with E-state index in [1.54, 1.807) is 0 Å². The number of ether oxygens (including phenoxy) is 1. The fraction of sp³-hybridized carbons (Fsp3) is 0.591. The highest BCUT2D eigenvalue weighted by Crippen LogP contribution is 2.36. The van der Waals surface area contributed by atoms with Gasteiger partial charge in [0.25, 0.3) is 0 Å². The highest BCUT2D eigenvalue weighted by molar-refractivity contribution is 5.72. The number of rotatable bonds is 8. The molecule has 0 radical (unpaired) electrons. The van der Waals surface area contributed by atoms with Gasteiger partial charge >= 0.3 is 5.97 Å². The first-order valence-electron chi connectivity index (χ1n) is 9.64. The van der Waals surface area contributed by atoms with Gasteiger partial charge in [-0.3, -0.25) is 4.79 Å². The monoisotopic (exact) mass is 328 g/mol. The van der Waals surface area contributed by atoms with Crippen molar-refractivity contribution < 1.29 is 9.53 Å². The molecule has 0 aliphatic heterocycles. The van der Waals surface area contributed by atoms with E-state index in [4.69, 9.17) is 4.74 Å². The summed E-state index contributed by atoms with van der Waals surface area (Å²) in [7, 11) is 0. The molecule has 1 aliphatic carbocycles. The number of allylic oxidation sites excluding steroid dienone is 2. The summed E-state index contributed by atoms with van der Waals surface area (Å²) in [5.74, 6) is 2.14. The normalized spacial score (nSPS) is 18.8. The number of hydrogen-bond donors (Lipinski definition) is 0. The lowest BCUT2D eigenvalue weighted by atomic mass is 9.78. The molecule has 1 aliphatic rings. The molecule has 2 rings (SSSR count). The highest BCUT2D eigenvalue weighted by atomic mass is 16.5. The van der Waals surface area contributed by atoms with Crippen molar-refractivity contribution in [1.29, 1.82) is 0 Å². The average Bonchev–Trinajstić information content (AvgIpc) is 2.62. The molecule has 0 spiro atoms. The zero-order valence-electron chi connectivity index (χ0n) is 15.5. The molecule has 2 unspecified atom stereocenters. The van der Waals surface area contributed by atoms with E-state index in [0.29, 0.717) is 12.2 Å². The minimum Gasteiger partial charge on any atom is -0.427 e. The molecule has 1 aromatic rings. The summed E-state index contributed by atoms with van der Waals surface area (Å²) in [6.45, 7) is 6.51. The van der Waals surface area contributed by atoms with E-state index in [9.17, 15) is 4.79 Å². The molecule has 0 saturated heterocycles. The quantitative estimate of drug-likeness (QED) is 0.313. The fourth-order valence-electron chi connectivity index (χ4n) is 3.53. The topological polar surface area (TPSA) is 26.3 Å². The summed E-state index contributed by atoms with van der Waals surface area (Å²) >= 11 is 0. The second-order valence-corrected chi connectivity index (χ2v) is 7.09. The van der Waals surface area contributed by atoms with Crippen molar-refractivity contribution in [1.82, 2.24) is 0 Å². The third-order valence-electron chi connectivity index (χ3n) is 5.26. The number of benzene rings is 1. The van der Waals surface area contributed by atoms with Crippen LogP contribution in [0.25, 0.3) is 5.57 Å². The number of hydrogen-bond acceptors (Lipinski definition) is 2. The van der Waals surface area contributed by atoms with Crippen LogP contribution < -0.4 is 4.74 Å². The fourth-order valence-corrected chi connectivity index (χ4v) is 3.53. The molecule has 0 saturated carbocycles. The standard InChI is InChI=1S/C22H32O2/c1-4-6-7-8-17(3)18-9-11-19(12-10-18)20-13-15-21(16-14-20)24-22(23)5-2/h11,13-18H,4-10,12H2,1-3H3. The van der Waals surface area contributed by atoms with Gasteiger partial charge in [0.15, 0.2) is 0 Å². The number of esters is 1. The molecule has 0 bridgehead atoms. The van der Waals surface area contributed by atoms with Crippen LogP contribution in [0.4, 0.5) is 0 Å². The van der Waals surface area contributed by atoms with Crippen LogP contribution in [0.5, 0.6) is 5.75 Å². The molecule has 0 aromatic heterocycles. The van der Waals surface area contributed by atoms with E-state index in [2.05, 4.69) is 32.1 Å². The second-order valence-electron chi connectivity index (χ2n) is 7.09. The van der Waals surface area contributed by atoms with Gasteiger partial charge in [-0.15, -0.1) is 0 Å². The summed E-state index contributed by atoms with van der Waals surface area (Å²) < 4.78 is 5.24. The molecule has 2 nitrogen and oxygen atoms in total. The van der Waals surface area contributed by atoms with Crippen LogP contribution >= 0.6 is 0 Å². The minimum atomic E-state index is -0.181. The van der Waals surface area contributed by atoms with E-state index in [0.717, 1.165) is 18.3 Å². The molecule has 2 heteroatoms. The maximum absolute atomic E-state index is 11.3. The van der Waals surface area contributed by atoms with Gasteiger partial charge in [0.05, 0.1) is 0 Å². The molecular weight excluding hydrogens is 296 g/mol. The summed E-state index contributed by atoms with van der Waals surface area (Å²) in [6.07, 6.45) is 11.9. The first kappa shape index (κ1) is 18.8. The SMILES string of the molecule is CCCCCC(C)C1CC=C(c2ccc(OC(=O)CC)cc2)CC1. The second kappa shape index (κ2) is 9.66. The van der Waals surface area contributed by atoms with Gasteiger partial charge in [0.2, 0.25) is 0 Å². The Morgan fingerprint density at radius 3 is 2.54 bits per heavy atom. The van der Waals surface area contributed by atoms with Gasteiger partial charge in [-0.2, -0.15) is 0 Å². The van der Waals surface area contributed by atoms with E-state index in [-0.39, 0.29) is 5.97 Å². The summed E-state index contributed by atoms with van der Waals surface area (Å²) in [6, 6.07) is 7.97. The highest BCUT2D eigenvalue weighted by Gasteiger charge is 2.20. The van der Waals surface area contributed by atoms with Crippen LogP contribution in [0, 0.1) is 11.8 Å². The molecule has 1 aromatic carbocycles. The van der Waals surface area contributed by atoms with Crippen molar-refractivity contribution in [2.45, 2.75) is 72.1 Å². The molecule has 0 amide bonds. The van der Waals surface area contributed by atoms with E-state index >= 15 is 0 Å². The van der Waals surface area contributed by atoms with E-state index in [1.807, 2.05) is 19.1 Å². The molecule has 132 valence electrons. The van der Waals surface area contributed by atoms with Crippen LogP contribution in [-0.4, -0.2) is 5.97 Å². The molecule has 0 heterocycles. The van der Waals surface area contributed by atoms with Crippen molar-refractivity contribution in [3.63, 3.8) is 0 Å². The maximum atomic E-state index is 11.3. The number of carbonyl (C=O) groups is 1. The van der Waals surface area contributed by atoms with Gasteiger partial charge in [-0.05, 0) is 54.4 Å². The summed E-state index contributed by atoms with van der Waals surface area (Å²) in [5, 5.41) is 0. The molecule has 0 N–H and O–H groups in total. The Hall–Kier alpha value is -1.57. The lowest BCUT2D eigenvalue weighted by molar-refractivity contribution is -0.134. The third kappa shape index (κ3) is 5.51. The smallest absolute Gasteiger partial charge is 0.310 e. The van der Waals surface area contributed by atoms with Crippen LogP contribution in [0.15, 0.2) is 30.3 Å². The Labute approximate surface area is 147 Å². The van der Waals surface area contributed by atoms with Crippen LogP contribution in [0.2, 0.25) is 0 Å². The molecule has 24 heavy (non-hydrogen) atoms. The Balaban J connectivity index is 1.88. The summed E-state index contributed by atoms with van der Waals surface area (Å²) in [5.41, 5.74) is 2.71. The van der Waals surface area contributed by atoms with Crippen LogP contribution in [-0.2, 0) is 4.79 Å². The van der Waals surface area contributed by atoms with Crippen molar-refractivity contribution in [2.75, 3.05) is 0 Å². The van der Waals surface area contributed by atoms with Gasteiger partial charge in [-0.25, -0.2) is 0 Å². The van der Waals surface area contributed by atoms with Crippen molar-refractivity contribution in [3.8, 4) is 5.75 Å². The number of carbonyl (C=O) groups excluding carboxylic acids is 1. The average molecular weight is 328 g/mol. The lowest BCUT2D eigenvalue weighted by Crippen LogP contribution is -2.14. The Bertz CT molecular complexity index is 542. The van der Waals surface area contributed by atoms with Gasteiger partial charge in [0, 0.05) is 6.42 Å². The van der Waals surface area contributed by atoms with Crippen LogP contribution in [0.1, 0.15) is 77.7 Å². The zero-order chi connectivity index (χ0) is 17.4. The summed E-state index contributed by atoms with van der Waals surface area (Å²) in [4.78, 5) is 11.3. The number of unbranched alkanes of at least 4 members (excludes halogenated alkanes) is 2. The van der Waals surface area contributed by atoms with E-state index < -0.39 is 0 Å². The van der Waals surface area contributed by atoms with Crippen LogP contribution in [0.3, 0.4) is 0 Å². The lowest BCUT2D eigenvalue weighted by Gasteiger charge is -2.27. The molecule has 0 fully saturated rings. The molecule has 2 atom stereocenters. The predicted molar refractivity (Wildman–Crippen MR) is 101 cm³/mol. The largest absolute Gasteiger partial charge is 0.427 e. The minimum absolute atomic E-state index is 0.181. The Kier molecular flexibility index (Phi) is 7.55. The Morgan fingerprint density at radius 2 is 1.96 bits per heavy atom. The zero-order valence-corrected chi connectivity index (χ0v) is 15.5. The third-order valence-corrected chi connectivity index (χ3v) is 5.26. The van der Waals surface area contributed by atoms with Crippen molar-refractivity contribution >= 4 is 11.5 Å². The van der Waals surface area contributed by atoms with Gasteiger partial charge in [0.1, 0.15) is 5.75 Å². The molecular formula is C22H32O2. The van der Waals surface area contributed by atoms with E-state index in [1.165, 1.54) is 49.7 Å². The predicted octanol–water partition coefficient (Wildman–Crippen LogP) is 6.40. The first-order valence-corrected chi connectivity index (χ1v) is 9.64. The van der Waals surface area contributed by atoms with Gasteiger partial charge in [-0.1, -0.05) is 64.7 Å². The Morgan fingerprint density at radius 1 is 1.21 bits per heavy atom. The van der Waals surface area contributed by atoms with Crippen molar-refractivity contribution in [2.24, 2.45) is 11.8 Å². The van der Waals surface area contributed by atoms with Crippen molar-refractivity contribution in [3.05, 3.63) is 35.9 Å².